The molecule has 9 nitrogen and oxygen atoms in total. The number of benzene rings is 1. The molecule has 0 radical (unpaired) electrons. The van der Waals surface area contributed by atoms with Gasteiger partial charge in [-0.2, -0.15) is 0 Å². The van der Waals surface area contributed by atoms with Crippen LogP contribution in [0.4, 0.5) is 0 Å². The van der Waals surface area contributed by atoms with E-state index in [9.17, 15) is 19.2 Å². The molecule has 1 aromatic carbocycles. The molecule has 5 atom stereocenters. The van der Waals surface area contributed by atoms with Gasteiger partial charge < -0.3 is 19.1 Å². The number of rotatable bonds is 2. The molecule has 1 saturated heterocycles. The Balaban J connectivity index is 1.35. The maximum absolute atomic E-state index is 14.3. The highest BCUT2D eigenvalue weighted by Gasteiger charge is 2.46. The van der Waals surface area contributed by atoms with Crippen LogP contribution in [0.5, 0.6) is 5.88 Å². The fraction of sp³-hybridized carbons (Fsp3) is 0.647. The molecule has 1 amide bonds. The summed E-state index contributed by atoms with van der Waals surface area (Å²) in [5.74, 6) is -0.682. The van der Waals surface area contributed by atoms with Crippen LogP contribution in [-0.4, -0.2) is 59.2 Å². The van der Waals surface area contributed by atoms with E-state index in [1.54, 1.807) is 9.47 Å². The standard InChI is InChI=1S/C34H44N2O7/c1-41-34(40)28-19-25-21-36(28)33(39)27(22-10-4-5-11-22)20-31(37)43-29-16-9-14-23(29)12-3-2-8-17-35-30(42-25)18-24-13-6-7-15-26(24)32(35)38/h6-7,13,15,18,22-23,25,27-29H,2-5,8-12,14,16-17,19-21H2,1H3/t23-,25-,27+,28+,29-/m1/s1. The summed E-state index contributed by atoms with van der Waals surface area (Å²) in [6.45, 7) is 0.699. The Morgan fingerprint density at radius 3 is 2.44 bits per heavy atom. The smallest absolute Gasteiger partial charge is 0.328 e. The Bertz CT molecular complexity index is 1400. The van der Waals surface area contributed by atoms with Crippen molar-refractivity contribution in [3.8, 4) is 5.88 Å². The molecule has 9 heteroatoms. The minimum Gasteiger partial charge on any atom is -0.473 e. The zero-order valence-corrected chi connectivity index (χ0v) is 25.2. The van der Waals surface area contributed by atoms with Crippen molar-refractivity contribution < 1.29 is 28.6 Å². The Morgan fingerprint density at radius 2 is 1.63 bits per heavy atom. The summed E-state index contributed by atoms with van der Waals surface area (Å²) < 4.78 is 19.4. The number of methoxy groups -OCH3 is 1. The van der Waals surface area contributed by atoms with Gasteiger partial charge in [0.1, 0.15) is 18.2 Å². The molecule has 6 rings (SSSR count). The number of esters is 2. The van der Waals surface area contributed by atoms with E-state index in [0.29, 0.717) is 23.7 Å². The molecule has 0 N–H and O–H groups in total. The van der Waals surface area contributed by atoms with Crippen LogP contribution in [0.1, 0.15) is 83.5 Å². The summed E-state index contributed by atoms with van der Waals surface area (Å²) in [7, 11) is 1.32. The SMILES string of the molecule is COC(=O)[C@@H]1C[C@@H]2CN1C(=O)[C@H](C1CCCC1)CC(=O)O[C@@H]1CCC[C@H]1CCCCCn1c(cc3ccccc3c1=O)O2. The third kappa shape index (κ3) is 6.31. The first-order valence-corrected chi connectivity index (χ1v) is 16.3. The maximum Gasteiger partial charge on any atom is 0.328 e. The minimum absolute atomic E-state index is 0.0346. The van der Waals surface area contributed by atoms with E-state index in [1.807, 2.05) is 30.3 Å². The fourth-order valence-corrected chi connectivity index (χ4v) is 8.01. The largest absolute Gasteiger partial charge is 0.473 e. The van der Waals surface area contributed by atoms with Crippen molar-refractivity contribution in [1.29, 1.82) is 0 Å². The molecule has 43 heavy (non-hydrogen) atoms. The highest BCUT2D eigenvalue weighted by Crippen LogP contribution is 2.38. The summed E-state index contributed by atoms with van der Waals surface area (Å²) in [5, 5.41) is 1.44. The van der Waals surface area contributed by atoms with Gasteiger partial charge in [0.05, 0.1) is 26.0 Å². The van der Waals surface area contributed by atoms with Crippen LogP contribution in [0.25, 0.3) is 10.8 Å². The van der Waals surface area contributed by atoms with E-state index < -0.39 is 24.0 Å². The molecular weight excluding hydrogens is 548 g/mol. The summed E-state index contributed by atoms with van der Waals surface area (Å²) in [5.41, 5.74) is -0.0954. The average Bonchev–Trinajstić information content (AvgIpc) is 3.78. The molecule has 4 aliphatic rings. The van der Waals surface area contributed by atoms with Crippen LogP contribution < -0.4 is 10.3 Å². The first-order chi connectivity index (χ1) is 20.9. The normalized spacial score (nSPS) is 29.3. The molecule has 2 aromatic rings. The van der Waals surface area contributed by atoms with Gasteiger partial charge in [-0.15, -0.1) is 0 Å². The van der Waals surface area contributed by atoms with Crippen LogP contribution >= 0.6 is 0 Å². The van der Waals surface area contributed by atoms with E-state index in [1.165, 1.54) is 7.11 Å². The van der Waals surface area contributed by atoms with Crippen LogP contribution in [0.15, 0.2) is 35.1 Å². The summed E-state index contributed by atoms with van der Waals surface area (Å²) in [4.78, 5) is 55.8. The molecular formula is C34H44N2O7. The maximum atomic E-state index is 14.3. The number of hydrogen-bond acceptors (Lipinski definition) is 7. The Hall–Kier alpha value is -3.36. The number of aromatic nitrogens is 1. The first kappa shape index (κ1) is 29.7. The predicted molar refractivity (Wildman–Crippen MR) is 161 cm³/mol. The molecule has 0 spiro atoms. The number of carbonyl (C=O) groups excluding carboxylic acids is 3. The van der Waals surface area contributed by atoms with E-state index in [-0.39, 0.29) is 48.8 Å². The van der Waals surface area contributed by atoms with Crippen LogP contribution in [0.3, 0.4) is 0 Å². The topological polar surface area (TPSA) is 104 Å². The quantitative estimate of drug-likeness (QED) is 0.452. The lowest BCUT2D eigenvalue weighted by Gasteiger charge is -2.30. The number of hydrogen-bond donors (Lipinski definition) is 0. The van der Waals surface area contributed by atoms with E-state index in [2.05, 4.69) is 0 Å². The highest BCUT2D eigenvalue weighted by atomic mass is 16.5. The van der Waals surface area contributed by atoms with Crippen LogP contribution in [0.2, 0.25) is 0 Å². The zero-order valence-electron chi connectivity index (χ0n) is 25.2. The van der Waals surface area contributed by atoms with Gasteiger partial charge in [0.2, 0.25) is 5.91 Å². The van der Waals surface area contributed by atoms with Gasteiger partial charge in [-0.1, -0.05) is 43.9 Å². The number of fused-ring (bicyclic) bond motifs is 5. The number of carbonyl (C=O) groups is 3. The molecule has 2 saturated carbocycles. The third-order valence-corrected chi connectivity index (χ3v) is 10.3. The van der Waals surface area contributed by atoms with Crippen molar-refractivity contribution in [2.24, 2.45) is 17.8 Å². The highest BCUT2D eigenvalue weighted by molar-refractivity contribution is 5.89. The Kier molecular flexibility index (Phi) is 9.05. The Morgan fingerprint density at radius 1 is 0.884 bits per heavy atom. The van der Waals surface area contributed by atoms with Crippen LogP contribution in [0, 0.1) is 17.8 Å². The van der Waals surface area contributed by atoms with E-state index >= 15 is 0 Å². The average molecular weight is 593 g/mol. The van der Waals surface area contributed by atoms with E-state index in [4.69, 9.17) is 14.2 Å². The lowest BCUT2D eigenvalue weighted by atomic mass is 9.86. The van der Waals surface area contributed by atoms with Crippen molar-refractivity contribution in [2.75, 3.05) is 13.7 Å². The van der Waals surface area contributed by atoms with Gasteiger partial charge in [0.15, 0.2) is 5.88 Å². The first-order valence-electron chi connectivity index (χ1n) is 16.3. The third-order valence-electron chi connectivity index (χ3n) is 10.3. The second-order valence-electron chi connectivity index (χ2n) is 13.0. The molecule has 2 bridgehead atoms. The summed E-state index contributed by atoms with van der Waals surface area (Å²) in [6.07, 6.45) is 10.2. The van der Waals surface area contributed by atoms with Crippen molar-refractivity contribution >= 4 is 28.6 Å². The number of nitrogens with zero attached hydrogens (tertiary/aromatic N) is 2. The van der Waals surface area contributed by atoms with Crippen molar-refractivity contribution in [1.82, 2.24) is 9.47 Å². The van der Waals surface area contributed by atoms with Gasteiger partial charge in [-0.3, -0.25) is 19.0 Å². The molecule has 232 valence electrons. The predicted octanol–water partition coefficient (Wildman–Crippen LogP) is 5.01. The number of pyridine rings is 1. The summed E-state index contributed by atoms with van der Waals surface area (Å²) in [6, 6.07) is 8.58. The zero-order chi connectivity index (χ0) is 29.9. The second kappa shape index (κ2) is 13.1. The molecule has 3 heterocycles. The lowest BCUT2D eigenvalue weighted by molar-refractivity contribution is -0.158. The molecule has 1 aromatic heterocycles. The summed E-state index contributed by atoms with van der Waals surface area (Å²) >= 11 is 0. The molecule has 2 aliphatic carbocycles. The van der Waals surface area contributed by atoms with Crippen molar-refractivity contribution in [2.45, 2.75) is 108 Å². The molecule has 0 unspecified atom stereocenters. The Labute approximate surface area is 252 Å². The minimum atomic E-state index is -0.815. The van der Waals surface area contributed by atoms with Gasteiger partial charge >= 0.3 is 11.9 Å². The monoisotopic (exact) mass is 592 g/mol. The van der Waals surface area contributed by atoms with E-state index in [0.717, 1.165) is 76.0 Å². The molecule has 3 fully saturated rings. The second-order valence-corrected chi connectivity index (χ2v) is 13.0. The number of ether oxygens (including phenoxy) is 3. The number of amides is 1. The van der Waals surface area contributed by atoms with Gasteiger partial charge in [0, 0.05) is 24.4 Å². The van der Waals surface area contributed by atoms with Crippen LogP contribution in [-0.2, 0) is 30.4 Å². The molecule has 2 aliphatic heterocycles. The lowest BCUT2D eigenvalue weighted by Crippen LogP contribution is -2.46. The van der Waals surface area contributed by atoms with Crippen molar-refractivity contribution in [3.63, 3.8) is 0 Å². The van der Waals surface area contributed by atoms with Gasteiger partial charge in [0.25, 0.3) is 5.56 Å². The van der Waals surface area contributed by atoms with Crippen molar-refractivity contribution in [3.05, 3.63) is 40.7 Å². The van der Waals surface area contributed by atoms with Gasteiger partial charge in [-0.25, -0.2) is 4.79 Å². The van der Waals surface area contributed by atoms with Gasteiger partial charge in [-0.05, 0) is 68.2 Å². The fourth-order valence-electron chi connectivity index (χ4n) is 8.01.